The van der Waals surface area contributed by atoms with Crippen LogP contribution in [0.2, 0.25) is 0 Å². The van der Waals surface area contributed by atoms with Crippen LogP contribution in [0, 0.1) is 20.8 Å². The quantitative estimate of drug-likeness (QED) is 0.494. The highest BCUT2D eigenvalue weighted by molar-refractivity contribution is 7.98. The Kier molecular flexibility index (Phi) is 4.29. The van der Waals surface area contributed by atoms with Crippen LogP contribution in [0.4, 0.5) is 0 Å². The Labute approximate surface area is 153 Å². The molecule has 26 heavy (non-hydrogen) atoms. The number of aryl methyl sites for hydroxylation is 3. The summed E-state index contributed by atoms with van der Waals surface area (Å²) < 4.78 is 13.0. The van der Waals surface area contributed by atoms with Crippen molar-refractivity contribution in [3.63, 3.8) is 0 Å². The van der Waals surface area contributed by atoms with E-state index in [0.29, 0.717) is 22.7 Å². The van der Waals surface area contributed by atoms with Gasteiger partial charge in [-0.15, -0.1) is 15.3 Å². The van der Waals surface area contributed by atoms with Crippen LogP contribution in [0.1, 0.15) is 23.0 Å². The van der Waals surface area contributed by atoms with Crippen LogP contribution in [-0.2, 0) is 5.75 Å². The van der Waals surface area contributed by atoms with Crippen LogP contribution in [0.5, 0.6) is 0 Å². The van der Waals surface area contributed by atoms with Crippen LogP contribution in [0.3, 0.4) is 0 Å². The predicted molar refractivity (Wildman–Crippen MR) is 94.9 cm³/mol. The average molecular weight is 368 g/mol. The number of furan rings is 1. The van der Waals surface area contributed by atoms with Crippen LogP contribution >= 0.6 is 11.8 Å². The van der Waals surface area contributed by atoms with Gasteiger partial charge in [0.25, 0.3) is 5.89 Å². The SMILES string of the molecule is Cc1cc(-c2nnc(CSc3nnnn3-c3ccccc3C)o2)c(C)o1. The monoisotopic (exact) mass is 368 g/mol. The first-order chi connectivity index (χ1) is 12.6. The fourth-order valence-electron chi connectivity index (χ4n) is 2.61. The molecule has 0 atom stereocenters. The Morgan fingerprint density at radius 2 is 1.88 bits per heavy atom. The number of tetrazole rings is 1. The normalized spacial score (nSPS) is 11.2. The second kappa shape index (κ2) is 6.75. The minimum absolute atomic E-state index is 0.452. The summed E-state index contributed by atoms with van der Waals surface area (Å²) in [5.74, 6) is 2.99. The number of hydrogen-bond donors (Lipinski definition) is 0. The largest absolute Gasteiger partial charge is 0.466 e. The summed E-state index contributed by atoms with van der Waals surface area (Å²) in [6, 6.07) is 9.82. The molecule has 8 nitrogen and oxygen atoms in total. The van der Waals surface area contributed by atoms with Crippen molar-refractivity contribution in [1.82, 2.24) is 30.4 Å². The van der Waals surface area contributed by atoms with Gasteiger partial charge < -0.3 is 8.83 Å². The van der Waals surface area contributed by atoms with Gasteiger partial charge >= 0.3 is 0 Å². The lowest BCUT2D eigenvalue weighted by molar-refractivity contribution is 0.499. The number of rotatable bonds is 5. The van der Waals surface area contributed by atoms with E-state index in [-0.39, 0.29) is 0 Å². The molecule has 0 saturated carbocycles. The summed E-state index contributed by atoms with van der Waals surface area (Å²) in [4.78, 5) is 0. The van der Waals surface area contributed by atoms with E-state index in [1.807, 2.05) is 51.1 Å². The van der Waals surface area contributed by atoms with Gasteiger partial charge in [-0.1, -0.05) is 30.0 Å². The smallest absolute Gasteiger partial charge is 0.251 e. The molecule has 0 aliphatic heterocycles. The zero-order valence-electron chi connectivity index (χ0n) is 14.5. The van der Waals surface area contributed by atoms with Gasteiger partial charge in [-0.25, -0.2) is 0 Å². The first-order valence-electron chi connectivity index (χ1n) is 7.99. The lowest BCUT2D eigenvalue weighted by Gasteiger charge is -2.06. The van der Waals surface area contributed by atoms with Crippen molar-refractivity contribution in [2.24, 2.45) is 0 Å². The molecule has 0 fully saturated rings. The van der Waals surface area contributed by atoms with Crippen LogP contribution in [0.25, 0.3) is 17.1 Å². The van der Waals surface area contributed by atoms with E-state index in [4.69, 9.17) is 8.83 Å². The zero-order chi connectivity index (χ0) is 18.1. The van der Waals surface area contributed by atoms with E-state index in [1.165, 1.54) is 11.8 Å². The summed E-state index contributed by atoms with van der Waals surface area (Å²) in [6.45, 7) is 5.78. The van der Waals surface area contributed by atoms with Crippen LogP contribution in [-0.4, -0.2) is 30.4 Å². The lowest BCUT2D eigenvalue weighted by atomic mass is 10.2. The summed E-state index contributed by atoms with van der Waals surface area (Å²) in [5.41, 5.74) is 2.85. The second-order valence-corrected chi connectivity index (χ2v) is 6.72. The molecule has 0 unspecified atom stereocenters. The molecule has 4 aromatic rings. The molecule has 3 heterocycles. The molecule has 0 saturated heterocycles. The van der Waals surface area contributed by atoms with Gasteiger partial charge in [-0.3, -0.25) is 0 Å². The average Bonchev–Trinajstić information content (AvgIpc) is 3.33. The number of aromatic nitrogens is 6. The van der Waals surface area contributed by atoms with E-state index < -0.39 is 0 Å². The highest BCUT2D eigenvalue weighted by Crippen LogP contribution is 2.28. The third kappa shape index (κ3) is 3.13. The van der Waals surface area contributed by atoms with Gasteiger partial charge in [-0.2, -0.15) is 4.68 Å². The zero-order valence-corrected chi connectivity index (χ0v) is 15.3. The fourth-order valence-corrected chi connectivity index (χ4v) is 3.33. The summed E-state index contributed by atoms with van der Waals surface area (Å²) in [7, 11) is 0. The van der Waals surface area contributed by atoms with E-state index >= 15 is 0 Å². The Bertz CT molecular complexity index is 1050. The Balaban J connectivity index is 1.52. The number of para-hydroxylation sites is 1. The highest BCUT2D eigenvalue weighted by Gasteiger charge is 2.16. The summed E-state index contributed by atoms with van der Waals surface area (Å²) in [5, 5.41) is 20.8. The second-order valence-electron chi connectivity index (χ2n) is 5.78. The van der Waals surface area contributed by atoms with Crippen molar-refractivity contribution < 1.29 is 8.83 Å². The molecule has 0 bridgehead atoms. The maximum atomic E-state index is 5.75. The third-order valence-electron chi connectivity index (χ3n) is 3.85. The molecule has 0 amide bonds. The highest BCUT2D eigenvalue weighted by atomic mass is 32.2. The molecule has 0 aliphatic carbocycles. The van der Waals surface area contributed by atoms with Gasteiger partial charge in [0, 0.05) is 0 Å². The van der Waals surface area contributed by atoms with E-state index in [9.17, 15) is 0 Å². The van der Waals surface area contributed by atoms with Gasteiger partial charge in [0.05, 0.1) is 17.0 Å². The van der Waals surface area contributed by atoms with E-state index in [0.717, 1.165) is 28.3 Å². The third-order valence-corrected chi connectivity index (χ3v) is 4.75. The van der Waals surface area contributed by atoms with Gasteiger partial charge in [0.2, 0.25) is 11.0 Å². The standard InChI is InChI=1S/C17H16N6O2S/c1-10-6-4-5-7-14(10)23-17(20-21-22-23)26-9-15-18-19-16(25-15)13-8-11(2)24-12(13)3/h4-8H,9H2,1-3H3. The van der Waals surface area contributed by atoms with Gasteiger partial charge in [-0.05, 0) is 48.9 Å². The van der Waals surface area contributed by atoms with Gasteiger partial charge in [0.1, 0.15) is 11.5 Å². The van der Waals surface area contributed by atoms with Crippen molar-refractivity contribution >= 4 is 11.8 Å². The molecule has 1 aromatic carbocycles. The minimum Gasteiger partial charge on any atom is -0.466 e. The molecular formula is C17H16N6O2S. The first-order valence-corrected chi connectivity index (χ1v) is 8.97. The molecule has 0 aliphatic rings. The molecule has 0 N–H and O–H groups in total. The number of benzene rings is 1. The summed E-state index contributed by atoms with van der Waals surface area (Å²) >= 11 is 1.44. The molecule has 9 heteroatoms. The molecular weight excluding hydrogens is 352 g/mol. The Hall–Kier alpha value is -2.94. The molecule has 132 valence electrons. The fraction of sp³-hybridized carbons (Fsp3) is 0.235. The Morgan fingerprint density at radius 1 is 1.04 bits per heavy atom. The molecule has 3 aromatic heterocycles. The Morgan fingerprint density at radius 3 is 2.65 bits per heavy atom. The van der Waals surface area contributed by atoms with E-state index in [2.05, 4.69) is 25.7 Å². The molecule has 0 radical (unpaired) electrons. The molecule has 0 spiro atoms. The van der Waals surface area contributed by atoms with Crippen molar-refractivity contribution in [2.45, 2.75) is 31.7 Å². The molecule has 4 rings (SSSR count). The maximum absolute atomic E-state index is 5.75. The first kappa shape index (κ1) is 16.5. The van der Waals surface area contributed by atoms with Gasteiger partial charge in [0.15, 0.2) is 0 Å². The topological polar surface area (TPSA) is 95.7 Å². The van der Waals surface area contributed by atoms with Crippen molar-refractivity contribution in [3.8, 4) is 17.1 Å². The number of thioether (sulfide) groups is 1. The van der Waals surface area contributed by atoms with Crippen molar-refractivity contribution in [2.75, 3.05) is 0 Å². The maximum Gasteiger partial charge on any atom is 0.251 e. The number of hydrogen-bond acceptors (Lipinski definition) is 8. The lowest BCUT2D eigenvalue weighted by Crippen LogP contribution is -2.01. The van der Waals surface area contributed by atoms with E-state index in [1.54, 1.807) is 4.68 Å². The van der Waals surface area contributed by atoms with Crippen LogP contribution in [0.15, 0.2) is 44.3 Å². The minimum atomic E-state index is 0.452. The van der Waals surface area contributed by atoms with Crippen molar-refractivity contribution in [1.29, 1.82) is 0 Å². The summed E-state index contributed by atoms with van der Waals surface area (Å²) in [6.07, 6.45) is 0. The van der Waals surface area contributed by atoms with Crippen molar-refractivity contribution in [3.05, 3.63) is 53.3 Å². The number of nitrogens with zero attached hydrogens (tertiary/aromatic N) is 6. The van der Waals surface area contributed by atoms with Crippen LogP contribution < -0.4 is 0 Å². The predicted octanol–water partition coefficient (Wildman–Crippen LogP) is 3.52.